The topological polar surface area (TPSA) is 95.7 Å². The van der Waals surface area contributed by atoms with Gasteiger partial charge in [-0.3, -0.25) is 14.4 Å². The summed E-state index contributed by atoms with van der Waals surface area (Å²) in [6.07, 6.45) is 0. The molecular formula is C11H11NO5. The van der Waals surface area contributed by atoms with Crippen LogP contribution in [0.25, 0.3) is 0 Å². The quantitative estimate of drug-likeness (QED) is 0.614. The number of benzene rings is 1. The summed E-state index contributed by atoms with van der Waals surface area (Å²) in [6, 6.07) is 3.97. The van der Waals surface area contributed by atoms with E-state index in [0.717, 1.165) is 0 Å². The molecule has 0 atom stereocenters. The highest BCUT2D eigenvalue weighted by Crippen LogP contribution is 2.24. The third kappa shape index (κ3) is 3.60. The summed E-state index contributed by atoms with van der Waals surface area (Å²) in [7, 11) is 0. The predicted octanol–water partition coefficient (Wildman–Crippen LogP) is 0.636. The minimum absolute atomic E-state index is 0.0286. The Morgan fingerprint density at radius 3 is 2.12 bits per heavy atom. The third-order valence-electron chi connectivity index (χ3n) is 1.73. The summed E-state index contributed by atoms with van der Waals surface area (Å²) in [5, 5.41) is 0. The van der Waals surface area contributed by atoms with Crippen molar-refractivity contribution in [3.63, 3.8) is 0 Å². The van der Waals surface area contributed by atoms with Crippen molar-refractivity contribution < 1.29 is 23.9 Å². The second-order valence-electron chi connectivity index (χ2n) is 3.21. The molecule has 90 valence electrons. The van der Waals surface area contributed by atoms with Crippen LogP contribution in [0.15, 0.2) is 18.2 Å². The number of carbonyl (C=O) groups excluding carboxylic acids is 3. The van der Waals surface area contributed by atoms with Crippen molar-refractivity contribution in [2.45, 2.75) is 13.8 Å². The van der Waals surface area contributed by atoms with Gasteiger partial charge in [-0.2, -0.15) is 0 Å². The maximum absolute atomic E-state index is 11.1. The predicted molar refractivity (Wildman–Crippen MR) is 57.6 cm³/mol. The number of esters is 2. The fourth-order valence-corrected chi connectivity index (χ4v) is 1.17. The lowest BCUT2D eigenvalue weighted by molar-refractivity contribution is -0.133. The van der Waals surface area contributed by atoms with Gasteiger partial charge in [0.2, 0.25) is 0 Å². The van der Waals surface area contributed by atoms with Crippen LogP contribution >= 0.6 is 0 Å². The van der Waals surface area contributed by atoms with Crippen LogP contribution in [0.3, 0.4) is 0 Å². The van der Waals surface area contributed by atoms with E-state index < -0.39 is 17.8 Å². The largest absolute Gasteiger partial charge is 0.427 e. The van der Waals surface area contributed by atoms with Gasteiger partial charge >= 0.3 is 11.9 Å². The van der Waals surface area contributed by atoms with Crippen LogP contribution in [0.2, 0.25) is 0 Å². The molecule has 0 aliphatic heterocycles. The van der Waals surface area contributed by atoms with E-state index in [4.69, 9.17) is 15.2 Å². The SMILES string of the molecule is CC(=O)Oc1ccc(OC(C)=O)c(C(N)=O)c1. The molecular weight excluding hydrogens is 226 g/mol. The van der Waals surface area contributed by atoms with Crippen LogP contribution in [-0.4, -0.2) is 17.8 Å². The molecule has 0 saturated heterocycles. The average molecular weight is 237 g/mol. The number of nitrogens with two attached hydrogens (primary N) is 1. The Morgan fingerprint density at radius 1 is 1.06 bits per heavy atom. The molecule has 1 aromatic rings. The van der Waals surface area contributed by atoms with Gasteiger partial charge in [0.25, 0.3) is 5.91 Å². The highest BCUT2D eigenvalue weighted by molar-refractivity contribution is 5.97. The van der Waals surface area contributed by atoms with Crippen LogP contribution in [-0.2, 0) is 9.59 Å². The Balaban J connectivity index is 3.12. The van der Waals surface area contributed by atoms with Gasteiger partial charge in [-0.1, -0.05) is 0 Å². The van der Waals surface area contributed by atoms with Gasteiger partial charge in [-0.05, 0) is 18.2 Å². The van der Waals surface area contributed by atoms with Gasteiger partial charge in [0.05, 0.1) is 5.56 Å². The van der Waals surface area contributed by atoms with Crippen molar-refractivity contribution in [2.24, 2.45) is 5.73 Å². The molecule has 0 fully saturated rings. The Kier molecular flexibility index (Phi) is 3.82. The molecule has 0 aromatic heterocycles. The van der Waals surface area contributed by atoms with Crippen LogP contribution < -0.4 is 15.2 Å². The van der Waals surface area contributed by atoms with E-state index in [9.17, 15) is 14.4 Å². The van der Waals surface area contributed by atoms with Crippen molar-refractivity contribution in [1.29, 1.82) is 0 Å². The third-order valence-corrected chi connectivity index (χ3v) is 1.73. The molecule has 1 rings (SSSR count). The maximum Gasteiger partial charge on any atom is 0.308 e. The summed E-state index contributed by atoms with van der Waals surface area (Å²) in [5.41, 5.74) is 5.09. The molecule has 0 aliphatic carbocycles. The molecule has 0 heterocycles. The van der Waals surface area contributed by atoms with Crippen molar-refractivity contribution in [3.05, 3.63) is 23.8 Å². The number of ether oxygens (including phenoxy) is 2. The lowest BCUT2D eigenvalue weighted by atomic mass is 10.2. The minimum atomic E-state index is -0.782. The number of primary amides is 1. The molecule has 0 bridgehead atoms. The van der Waals surface area contributed by atoms with E-state index in [-0.39, 0.29) is 17.1 Å². The lowest BCUT2D eigenvalue weighted by Crippen LogP contribution is -2.15. The van der Waals surface area contributed by atoms with Crippen molar-refractivity contribution in [2.75, 3.05) is 0 Å². The Labute approximate surface area is 97.3 Å². The number of rotatable bonds is 3. The molecule has 1 amide bonds. The fourth-order valence-electron chi connectivity index (χ4n) is 1.17. The van der Waals surface area contributed by atoms with Crippen LogP contribution in [0.4, 0.5) is 0 Å². The highest BCUT2D eigenvalue weighted by Gasteiger charge is 2.13. The first-order valence-corrected chi connectivity index (χ1v) is 4.71. The van der Waals surface area contributed by atoms with Gasteiger partial charge in [-0.15, -0.1) is 0 Å². The number of carbonyl (C=O) groups is 3. The molecule has 0 aliphatic rings. The first kappa shape index (κ1) is 12.7. The molecule has 6 heteroatoms. The molecule has 2 N–H and O–H groups in total. The van der Waals surface area contributed by atoms with E-state index >= 15 is 0 Å². The Morgan fingerprint density at radius 2 is 1.65 bits per heavy atom. The monoisotopic (exact) mass is 237 g/mol. The van der Waals surface area contributed by atoms with Gasteiger partial charge in [0, 0.05) is 13.8 Å². The summed E-state index contributed by atoms with van der Waals surface area (Å²) >= 11 is 0. The van der Waals surface area contributed by atoms with Gasteiger partial charge in [0.1, 0.15) is 11.5 Å². The number of hydrogen-bond acceptors (Lipinski definition) is 5. The van der Waals surface area contributed by atoms with Crippen LogP contribution in [0.1, 0.15) is 24.2 Å². The summed E-state index contributed by atoms with van der Waals surface area (Å²) in [5.74, 6) is -1.70. The van der Waals surface area contributed by atoms with E-state index in [1.807, 2.05) is 0 Å². The van der Waals surface area contributed by atoms with E-state index in [0.29, 0.717) is 0 Å². The molecule has 0 spiro atoms. The first-order valence-electron chi connectivity index (χ1n) is 4.71. The van der Waals surface area contributed by atoms with E-state index in [2.05, 4.69) is 0 Å². The van der Waals surface area contributed by atoms with Gasteiger partial charge < -0.3 is 15.2 Å². The van der Waals surface area contributed by atoms with E-state index in [1.54, 1.807) is 0 Å². The standard InChI is InChI=1S/C11H11NO5/c1-6(13)16-8-3-4-10(17-7(2)14)9(5-8)11(12)15/h3-5H,1-2H3,(H2,12,15). The normalized spacial score (nSPS) is 9.53. The molecule has 0 unspecified atom stereocenters. The zero-order valence-corrected chi connectivity index (χ0v) is 9.35. The summed E-state index contributed by atoms with van der Waals surface area (Å²) in [6.45, 7) is 2.43. The number of hydrogen-bond donors (Lipinski definition) is 1. The maximum atomic E-state index is 11.1. The highest BCUT2D eigenvalue weighted by atomic mass is 16.5. The first-order chi connectivity index (χ1) is 7.90. The molecule has 6 nitrogen and oxygen atoms in total. The minimum Gasteiger partial charge on any atom is -0.427 e. The van der Waals surface area contributed by atoms with Crippen LogP contribution in [0, 0.1) is 0 Å². The summed E-state index contributed by atoms with van der Waals surface area (Å²) in [4.78, 5) is 32.7. The van der Waals surface area contributed by atoms with Crippen molar-refractivity contribution in [1.82, 2.24) is 0 Å². The zero-order valence-electron chi connectivity index (χ0n) is 9.35. The molecule has 17 heavy (non-hydrogen) atoms. The summed E-state index contributed by atoms with van der Waals surface area (Å²) < 4.78 is 9.56. The smallest absolute Gasteiger partial charge is 0.308 e. The Bertz CT molecular complexity index is 481. The second-order valence-corrected chi connectivity index (χ2v) is 3.21. The second kappa shape index (κ2) is 5.11. The Hall–Kier alpha value is -2.37. The van der Waals surface area contributed by atoms with Gasteiger partial charge in [0.15, 0.2) is 0 Å². The van der Waals surface area contributed by atoms with Gasteiger partial charge in [-0.25, -0.2) is 0 Å². The molecule has 1 aromatic carbocycles. The molecule has 0 radical (unpaired) electrons. The lowest BCUT2D eigenvalue weighted by Gasteiger charge is -2.08. The molecule has 0 saturated carbocycles. The van der Waals surface area contributed by atoms with Crippen LogP contribution in [0.5, 0.6) is 11.5 Å². The van der Waals surface area contributed by atoms with Crippen molar-refractivity contribution in [3.8, 4) is 11.5 Å². The number of amides is 1. The zero-order chi connectivity index (χ0) is 13.0. The average Bonchev–Trinajstić information content (AvgIpc) is 2.18. The fraction of sp³-hybridized carbons (Fsp3) is 0.182. The van der Waals surface area contributed by atoms with Crippen molar-refractivity contribution >= 4 is 17.8 Å². The van der Waals surface area contributed by atoms with E-state index in [1.165, 1.54) is 32.0 Å².